The van der Waals surface area contributed by atoms with E-state index in [2.05, 4.69) is 0 Å². The van der Waals surface area contributed by atoms with Crippen LogP contribution in [-0.2, 0) is 4.79 Å². The first-order chi connectivity index (χ1) is 13.9. The number of halogens is 2. The van der Waals surface area contributed by atoms with E-state index in [0.717, 1.165) is 21.5 Å². The fraction of sp³-hybridized carbons (Fsp3) is 0.333. The largest absolute Gasteiger partial charge is 0.497 e. The zero-order valence-electron chi connectivity index (χ0n) is 17.3. The second-order valence-electron chi connectivity index (χ2n) is 6.88. The second-order valence-corrected chi connectivity index (χ2v) is 8.32. The molecule has 2 aromatic carbocycles. The van der Waals surface area contributed by atoms with Crippen LogP contribution in [0.4, 0.5) is 5.13 Å². The van der Waals surface area contributed by atoms with Gasteiger partial charge in [0.05, 0.1) is 17.3 Å². The van der Waals surface area contributed by atoms with Crippen molar-refractivity contribution in [2.75, 3.05) is 45.8 Å². The van der Waals surface area contributed by atoms with E-state index < -0.39 is 0 Å². The molecule has 0 saturated carbocycles. The van der Waals surface area contributed by atoms with Crippen molar-refractivity contribution in [2.24, 2.45) is 0 Å². The van der Waals surface area contributed by atoms with E-state index in [-0.39, 0.29) is 24.9 Å². The van der Waals surface area contributed by atoms with Gasteiger partial charge < -0.3 is 14.4 Å². The van der Waals surface area contributed by atoms with Gasteiger partial charge in [0.25, 0.3) is 5.91 Å². The van der Waals surface area contributed by atoms with Crippen molar-refractivity contribution in [3.63, 3.8) is 0 Å². The average Bonchev–Trinajstić information content (AvgIpc) is 3.10. The van der Waals surface area contributed by atoms with Gasteiger partial charge in [-0.3, -0.25) is 9.69 Å². The van der Waals surface area contributed by atoms with E-state index in [0.29, 0.717) is 29.0 Å². The third-order valence-corrected chi connectivity index (χ3v) is 5.61. The number of fused-ring (bicyclic) bond motifs is 1. The maximum atomic E-state index is 13.0. The van der Waals surface area contributed by atoms with Crippen molar-refractivity contribution in [2.45, 2.75) is 6.92 Å². The number of hydrogen-bond donors (Lipinski definition) is 0. The molecule has 0 aliphatic heterocycles. The van der Waals surface area contributed by atoms with Gasteiger partial charge in [0.1, 0.15) is 11.5 Å². The number of likely N-dealkylation sites (N-methyl/N-ethyl adjacent to an activating group) is 1. The molecule has 0 fully saturated rings. The van der Waals surface area contributed by atoms with Gasteiger partial charge in [-0.05, 0) is 63.0 Å². The van der Waals surface area contributed by atoms with E-state index in [9.17, 15) is 4.79 Å². The molecule has 3 rings (SSSR count). The van der Waals surface area contributed by atoms with Crippen LogP contribution in [0, 0.1) is 6.92 Å². The minimum absolute atomic E-state index is 0. The molecule has 1 amide bonds. The van der Waals surface area contributed by atoms with E-state index in [1.54, 1.807) is 36.3 Å². The molecule has 0 aliphatic carbocycles. The number of aryl methyl sites for hydroxylation is 1. The van der Waals surface area contributed by atoms with E-state index in [4.69, 9.17) is 26.1 Å². The number of carbonyl (C=O) groups excluding carboxylic acids is 1. The van der Waals surface area contributed by atoms with Gasteiger partial charge in [-0.25, -0.2) is 4.98 Å². The Hall–Kier alpha value is -2.06. The van der Waals surface area contributed by atoms with Gasteiger partial charge in [0.2, 0.25) is 0 Å². The summed E-state index contributed by atoms with van der Waals surface area (Å²) < 4.78 is 11.8. The highest BCUT2D eigenvalue weighted by Crippen LogP contribution is 2.33. The molecule has 162 valence electrons. The molecular formula is C21H25Cl2N3O3S. The number of benzene rings is 2. The van der Waals surface area contributed by atoms with Crippen LogP contribution in [-0.4, -0.2) is 56.7 Å². The number of ether oxygens (including phenoxy) is 2. The monoisotopic (exact) mass is 469 g/mol. The summed E-state index contributed by atoms with van der Waals surface area (Å²) in [4.78, 5) is 21.4. The molecule has 0 bridgehead atoms. The smallest absolute Gasteiger partial charge is 0.266 e. The first-order valence-corrected chi connectivity index (χ1v) is 10.4. The van der Waals surface area contributed by atoms with Crippen LogP contribution in [0.2, 0.25) is 5.02 Å². The Bertz CT molecular complexity index is 993. The molecule has 0 saturated heterocycles. The molecule has 9 heteroatoms. The molecule has 0 atom stereocenters. The third-order valence-electron chi connectivity index (χ3n) is 4.36. The van der Waals surface area contributed by atoms with E-state index in [1.165, 1.54) is 11.3 Å². The lowest BCUT2D eigenvalue weighted by Gasteiger charge is -2.22. The zero-order valence-corrected chi connectivity index (χ0v) is 19.7. The number of aromatic nitrogens is 1. The first-order valence-electron chi connectivity index (χ1n) is 9.16. The highest BCUT2D eigenvalue weighted by molar-refractivity contribution is 7.22. The quantitative estimate of drug-likeness (QED) is 0.479. The van der Waals surface area contributed by atoms with Crippen LogP contribution in [0.25, 0.3) is 10.2 Å². The van der Waals surface area contributed by atoms with Gasteiger partial charge in [-0.1, -0.05) is 22.9 Å². The highest BCUT2D eigenvalue weighted by atomic mass is 35.5. The number of nitrogens with zero attached hydrogens (tertiary/aromatic N) is 3. The van der Waals surface area contributed by atoms with Crippen LogP contribution >= 0.6 is 35.3 Å². The highest BCUT2D eigenvalue weighted by Gasteiger charge is 2.21. The molecule has 0 spiro atoms. The van der Waals surface area contributed by atoms with E-state index in [1.807, 2.05) is 38.1 Å². The van der Waals surface area contributed by atoms with Crippen molar-refractivity contribution in [3.05, 3.63) is 47.0 Å². The minimum Gasteiger partial charge on any atom is -0.497 e. The predicted molar refractivity (Wildman–Crippen MR) is 126 cm³/mol. The fourth-order valence-electron chi connectivity index (χ4n) is 2.78. The number of carbonyl (C=O) groups is 1. The number of rotatable bonds is 8. The second kappa shape index (κ2) is 10.8. The summed E-state index contributed by atoms with van der Waals surface area (Å²) in [5.41, 5.74) is 1.86. The van der Waals surface area contributed by atoms with Gasteiger partial charge in [0, 0.05) is 18.1 Å². The number of thiazole rings is 1. The SMILES string of the molecule is COc1ccc(OCC(=O)N(CCN(C)C)c2nc3c(C)cc(Cl)cc3s2)cc1.Cl. The van der Waals surface area contributed by atoms with Crippen LogP contribution < -0.4 is 14.4 Å². The molecule has 0 radical (unpaired) electrons. The maximum Gasteiger partial charge on any atom is 0.266 e. The Kier molecular flexibility index (Phi) is 8.73. The molecule has 1 aromatic heterocycles. The number of anilines is 1. The van der Waals surface area contributed by atoms with Crippen LogP contribution in [0.5, 0.6) is 11.5 Å². The summed E-state index contributed by atoms with van der Waals surface area (Å²) in [6, 6.07) is 10.9. The fourth-order valence-corrected chi connectivity index (χ4v) is 4.24. The van der Waals surface area contributed by atoms with Crippen molar-refractivity contribution in [3.8, 4) is 11.5 Å². The number of amides is 1. The van der Waals surface area contributed by atoms with Crippen molar-refractivity contribution in [1.82, 2.24) is 9.88 Å². The summed E-state index contributed by atoms with van der Waals surface area (Å²) in [7, 11) is 5.55. The third kappa shape index (κ3) is 5.98. The Balaban J connectivity index is 0.00000320. The first kappa shape index (κ1) is 24.2. The lowest BCUT2D eigenvalue weighted by Crippen LogP contribution is -2.39. The van der Waals surface area contributed by atoms with Gasteiger partial charge in [-0.2, -0.15) is 0 Å². The molecule has 0 aliphatic rings. The molecule has 0 unspecified atom stereocenters. The lowest BCUT2D eigenvalue weighted by molar-refractivity contribution is -0.120. The van der Waals surface area contributed by atoms with Crippen molar-refractivity contribution in [1.29, 1.82) is 0 Å². The molecule has 0 N–H and O–H groups in total. The lowest BCUT2D eigenvalue weighted by atomic mass is 10.2. The zero-order chi connectivity index (χ0) is 21.0. The standard InChI is InChI=1S/C21H24ClN3O3S.ClH/c1-14-11-15(22)12-18-20(14)23-21(29-18)25(10-9-24(2)3)19(26)13-28-17-7-5-16(27-4)6-8-17;/h5-8,11-12H,9-10,13H2,1-4H3;1H. The van der Waals surface area contributed by atoms with Crippen LogP contribution in [0.1, 0.15) is 5.56 Å². The average molecular weight is 470 g/mol. The van der Waals surface area contributed by atoms with Gasteiger partial charge in [0.15, 0.2) is 11.7 Å². The molecule has 30 heavy (non-hydrogen) atoms. The van der Waals surface area contributed by atoms with Crippen molar-refractivity contribution >= 4 is 56.6 Å². The normalized spacial score (nSPS) is 10.7. The predicted octanol–water partition coefficient (Wildman–Crippen LogP) is 4.66. The molecular weight excluding hydrogens is 445 g/mol. The summed E-state index contributed by atoms with van der Waals surface area (Å²) in [5.74, 6) is 1.20. The topological polar surface area (TPSA) is 54.9 Å². The summed E-state index contributed by atoms with van der Waals surface area (Å²) >= 11 is 7.64. The molecule has 6 nitrogen and oxygen atoms in total. The number of hydrogen-bond acceptors (Lipinski definition) is 6. The molecule has 1 heterocycles. The summed E-state index contributed by atoms with van der Waals surface area (Å²) in [6.07, 6.45) is 0. The Morgan fingerprint density at radius 2 is 1.80 bits per heavy atom. The Morgan fingerprint density at radius 3 is 2.43 bits per heavy atom. The van der Waals surface area contributed by atoms with Crippen LogP contribution in [0.3, 0.4) is 0 Å². The summed E-state index contributed by atoms with van der Waals surface area (Å²) in [6.45, 7) is 3.13. The maximum absolute atomic E-state index is 13.0. The number of methoxy groups -OCH3 is 1. The summed E-state index contributed by atoms with van der Waals surface area (Å²) in [5, 5.41) is 1.31. The van der Waals surface area contributed by atoms with Gasteiger partial charge >= 0.3 is 0 Å². The Labute approximate surface area is 191 Å². The Morgan fingerprint density at radius 1 is 1.13 bits per heavy atom. The minimum atomic E-state index is -0.148. The van der Waals surface area contributed by atoms with Gasteiger partial charge in [-0.15, -0.1) is 12.4 Å². The van der Waals surface area contributed by atoms with Crippen LogP contribution in [0.15, 0.2) is 36.4 Å². The molecule has 3 aromatic rings. The van der Waals surface area contributed by atoms with E-state index >= 15 is 0 Å². The van der Waals surface area contributed by atoms with Crippen molar-refractivity contribution < 1.29 is 14.3 Å².